The number of rotatable bonds is 2. The van der Waals surface area contributed by atoms with Gasteiger partial charge in [-0.3, -0.25) is 15.0 Å². The third kappa shape index (κ3) is 2.40. The minimum atomic E-state index is -0.361. The van der Waals surface area contributed by atoms with Gasteiger partial charge in [-0.1, -0.05) is 18.2 Å². The van der Waals surface area contributed by atoms with Crippen LogP contribution >= 0.6 is 0 Å². The fourth-order valence-corrected chi connectivity index (χ4v) is 4.37. The highest BCUT2D eigenvalue weighted by atomic mass is 16.5. The summed E-state index contributed by atoms with van der Waals surface area (Å²) in [4.78, 5) is 18.4. The molecule has 0 radical (unpaired) electrons. The summed E-state index contributed by atoms with van der Waals surface area (Å²) >= 11 is 0. The summed E-state index contributed by atoms with van der Waals surface area (Å²) in [5, 5.41) is 7.39. The minimum Gasteiger partial charge on any atom is -0.361 e. The monoisotopic (exact) mass is 338 g/mol. The molecule has 0 saturated carbocycles. The van der Waals surface area contributed by atoms with Gasteiger partial charge in [-0.2, -0.15) is 0 Å². The number of amides is 1. The smallest absolute Gasteiger partial charge is 0.231 e. The molecule has 5 rings (SSSR count). The van der Waals surface area contributed by atoms with Crippen LogP contribution < -0.4 is 10.6 Å². The van der Waals surface area contributed by atoms with Crippen molar-refractivity contribution in [3.63, 3.8) is 0 Å². The van der Waals surface area contributed by atoms with E-state index in [9.17, 15) is 4.79 Å². The van der Waals surface area contributed by atoms with Gasteiger partial charge in [0.15, 0.2) is 6.35 Å². The normalized spacial score (nSPS) is 28.7. The number of benzene rings is 1. The summed E-state index contributed by atoms with van der Waals surface area (Å²) in [5.74, 6) is -0.151. The van der Waals surface area contributed by atoms with Crippen molar-refractivity contribution in [3.8, 4) is 0 Å². The summed E-state index contributed by atoms with van der Waals surface area (Å²) < 4.78 is 5.45. The van der Waals surface area contributed by atoms with Crippen molar-refractivity contribution < 1.29 is 9.53 Å². The maximum absolute atomic E-state index is 12.7. The van der Waals surface area contributed by atoms with Crippen LogP contribution in [0.15, 0.2) is 30.5 Å². The lowest BCUT2D eigenvalue weighted by Crippen LogP contribution is -2.50. The first-order valence-corrected chi connectivity index (χ1v) is 8.87. The van der Waals surface area contributed by atoms with Gasteiger partial charge in [-0.15, -0.1) is 0 Å². The van der Waals surface area contributed by atoms with Crippen LogP contribution in [0.3, 0.4) is 0 Å². The second kappa shape index (κ2) is 5.69. The molecular weight excluding hydrogens is 316 g/mol. The van der Waals surface area contributed by atoms with Crippen LogP contribution in [0.2, 0.25) is 0 Å². The molecule has 0 bridgehead atoms. The van der Waals surface area contributed by atoms with E-state index in [1.54, 1.807) is 0 Å². The van der Waals surface area contributed by atoms with Gasteiger partial charge in [-0.05, 0) is 36.2 Å². The van der Waals surface area contributed by atoms with Gasteiger partial charge in [0.25, 0.3) is 0 Å². The number of carbonyl (C=O) groups is 1. The molecule has 1 unspecified atom stereocenters. The molecular formula is C19H22N4O2. The van der Waals surface area contributed by atoms with Crippen LogP contribution in [0.25, 0.3) is 16.5 Å². The van der Waals surface area contributed by atoms with E-state index in [0.29, 0.717) is 12.6 Å². The number of H-pyrrole nitrogens is 1. The molecule has 1 saturated heterocycles. The van der Waals surface area contributed by atoms with E-state index in [-0.39, 0.29) is 18.2 Å². The molecule has 3 aliphatic rings. The molecule has 25 heavy (non-hydrogen) atoms. The average molecular weight is 338 g/mol. The van der Waals surface area contributed by atoms with Crippen LogP contribution in [-0.2, 0) is 16.0 Å². The van der Waals surface area contributed by atoms with E-state index < -0.39 is 0 Å². The fourth-order valence-electron chi connectivity index (χ4n) is 4.37. The Morgan fingerprint density at radius 3 is 3.16 bits per heavy atom. The molecule has 2 aromatic rings. The largest absolute Gasteiger partial charge is 0.361 e. The molecule has 0 spiro atoms. The van der Waals surface area contributed by atoms with Gasteiger partial charge < -0.3 is 15.0 Å². The second-order valence-corrected chi connectivity index (χ2v) is 7.14. The third-order valence-corrected chi connectivity index (χ3v) is 5.59. The van der Waals surface area contributed by atoms with Crippen molar-refractivity contribution in [2.24, 2.45) is 5.92 Å². The predicted octanol–water partition coefficient (Wildman–Crippen LogP) is 1.06. The molecule has 3 heterocycles. The van der Waals surface area contributed by atoms with E-state index in [0.717, 1.165) is 19.5 Å². The van der Waals surface area contributed by atoms with E-state index in [2.05, 4.69) is 58.0 Å². The van der Waals surface area contributed by atoms with Crippen LogP contribution in [0.4, 0.5) is 0 Å². The molecule has 6 nitrogen and oxygen atoms in total. The Balaban J connectivity index is 1.51. The number of hydrogen-bond acceptors (Lipinski definition) is 4. The van der Waals surface area contributed by atoms with Gasteiger partial charge in [0.2, 0.25) is 5.91 Å². The lowest BCUT2D eigenvalue weighted by molar-refractivity contribution is -0.128. The number of aromatic amines is 1. The van der Waals surface area contributed by atoms with Gasteiger partial charge in [0.05, 0.1) is 12.5 Å². The van der Waals surface area contributed by atoms with Crippen LogP contribution in [-0.4, -0.2) is 54.9 Å². The number of nitrogens with one attached hydrogen (secondary N) is 3. The quantitative estimate of drug-likeness (QED) is 0.766. The topological polar surface area (TPSA) is 69.4 Å². The zero-order valence-corrected chi connectivity index (χ0v) is 14.2. The number of carbonyl (C=O) groups excluding carboxylic acids is 1. The van der Waals surface area contributed by atoms with Crippen molar-refractivity contribution in [1.29, 1.82) is 0 Å². The zero-order valence-electron chi connectivity index (χ0n) is 14.2. The predicted molar refractivity (Wildman–Crippen MR) is 95.8 cm³/mol. The summed E-state index contributed by atoms with van der Waals surface area (Å²) in [7, 11) is 2.11. The lowest BCUT2D eigenvalue weighted by atomic mass is 9.80. The highest BCUT2D eigenvalue weighted by molar-refractivity contribution is 5.99. The summed E-state index contributed by atoms with van der Waals surface area (Å²) in [6.45, 7) is 2.14. The van der Waals surface area contributed by atoms with Gasteiger partial charge in [-0.25, -0.2) is 0 Å². The van der Waals surface area contributed by atoms with Gasteiger partial charge in [0, 0.05) is 36.2 Å². The molecule has 3 atom stereocenters. The first-order valence-electron chi connectivity index (χ1n) is 8.87. The minimum absolute atomic E-state index is 0.0178. The maximum Gasteiger partial charge on any atom is 0.231 e. The van der Waals surface area contributed by atoms with Crippen LogP contribution in [0, 0.1) is 5.92 Å². The van der Waals surface area contributed by atoms with E-state index in [1.165, 1.54) is 27.6 Å². The van der Waals surface area contributed by atoms with E-state index in [1.807, 2.05) is 0 Å². The Morgan fingerprint density at radius 2 is 2.32 bits per heavy atom. The molecule has 2 aliphatic heterocycles. The number of hydrogen-bond donors (Lipinski definition) is 3. The number of fused-ring (bicyclic) bond motifs is 2. The third-order valence-electron chi connectivity index (χ3n) is 5.59. The first-order chi connectivity index (χ1) is 12.2. The summed E-state index contributed by atoms with van der Waals surface area (Å²) in [5.41, 5.74) is 5.06. The van der Waals surface area contributed by atoms with E-state index >= 15 is 0 Å². The lowest BCUT2D eigenvalue weighted by Gasteiger charge is -2.39. The Labute approximate surface area is 146 Å². The molecule has 1 aromatic carbocycles. The van der Waals surface area contributed by atoms with Gasteiger partial charge >= 0.3 is 0 Å². The molecule has 130 valence electrons. The SMILES string of the molecule is CN1C[C@H](C(=O)NC2NCCO2)C=C2c3cccc4[nH]cc(c34)C[C@H]21. The zero-order chi connectivity index (χ0) is 17.0. The first kappa shape index (κ1) is 15.1. The molecule has 3 N–H and O–H groups in total. The molecule has 1 aliphatic carbocycles. The maximum atomic E-state index is 12.7. The van der Waals surface area contributed by atoms with Crippen molar-refractivity contribution >= 4 is 22.4 Å². The Kier molecular flexibility index (Phi) is 3.45. The van der Waals surface area contributed by atoms with Crippen LogP contribution in [0.5, 0.6) is 0 Å². The standard InChI is InChI=1S/C19H22N4O2/c1-23-10-12(18(24)22-19-20-5-6-25-19)7-14-13-3-2-4-15-17(13)11(9-21-15)8-16(14)23/h2-4,7,9,12,16,19-21H,5-6,8,10H2,1H3,(H,22,24)/t12-,16-,19?/m1/s1. The number of aromatic nitrogens is 1. The summed E-state index contributed by atoms with van der Waals surface area (Å²) in [6.07, 6.45) is 4.92. The number of likely N-dealkylation sites (N-methyl/N-ethyl adjacent to an activating group) is 1. The Hall–Kier alpha value is -2.15. The van der Waals surface area contributed by atoms with Crippen LogP contribution in [0.1, 0.15) is 11.1 Å². The second-order valence-electron chi connectivity index (χ2n) is 7.14. The molecule has 1 amide bonds. The highest BCUT2D eigenvalue weighted by Gasteiger charge is 2.36. The fraction of sp³-hybridized carbons (Fsp3) is 0.421. The highest BCUT2D eigenvalue weighted by Crippen LogP contribution is 2.40. The van der Waals surface area contributed by atoms with Crippen molar-refractivity contribution in [1.82, 2.24) is 20.5 Å². The molecule has 1 aromatic heterocycles. The molecule has 1 fully saturated rings. The van der Waals surface area contributed by atoms with Gasteiger partial charge in [0.1, 0.15) is 0 Å². The van der Waals surface area contributed by atoms with Crippen molar-refractivity contribution in [2.75, 3.05) is 26.7 Å². The average Bonchev–Trinajstić information content (AvgIpc) is 3.27. The van der Waals surface area contributed by atoms with E-state index in [4.69, 9.17) is 4.74 Å². The number of ether oxygens (including phenoxy) is 1. The summed E-state index contributed by atoms with van der Waals surface area (Å²) in [6, 6.07) is 6.70. The van der Waals surface area contributed by atoms with Crippen molar-refractivity contribution in [3.05, 3.63) is 41.6 Å². The Bertz CT molecular complexity index is 865. The molecule has 6 heteroatoms. The Morgan fingerprint density at radius 1 is 1.40 bits per heavy atom. The number of nitrogens with zero attached hydrogens (tertiary/aromatic N) is 1. The van der Waals surface area contributed by atoms with Crippen molar-refractivity contribution in [2.45, 2.75) is 18.8 Å².